The molecular formula is C23H17N6NaO8S2. The van der Waals surface area contributed by atoms with Crippen LogP contribution in [0.1, 0.15) is 11.5 Å². The third-order valence-electron chi connectivity index (χ3n) is 5.80. The van der Waals surface area contributed by atoms with Crippen molar-refractivity contribution in [3.8, 4) is 22.8 Å². The Labute approximate surface area is 255 Å². The van der Waals surface area contributed by atoms with Gasteiger partial charge in [0, 0.05) is 22.8 Å². The molecule has 40 heavy (non-hydrogen) atoms. The minimum Gasteiger partial charge on any atom is -0.870 e. The predicted octanol–water partition coefficient (Wildman–Crippen LogP) is -2.21. The number of hydrogen-bond acceptors (Lipinski definition) is 13. The van der Waals surface area contributed by atoms with Crippen molar-refractivity contribution in [1.82, 2.24) is 20.4 Å². The number of nitrogens with two attached hydrogens (primary N) is 1. The molecule has 2 atom stereocenters. The maximum Gasteiger partial charge on any atom is 1.00 e. The SMILES string of the molecule is Nc1nc(/C(=N\O)C(=O)N[C@@H]2C(=O)N3C(C(=O)O)=C(/C=C/c4cc(-c5ccc([O-])c(O)c5)no4)CS[C@H]23)cs1.[Na+]. The van der Waals surface area contributed by atoms with Gasteiger partial charge in [-0.05, 0) is 17.7 Å². The summed E-state index contributed by atoms with van der Waals surface area (Å²) in [7, 11) is 0. The summed E-state index contributed by atoms with van der Waals surface area (Å²) in [5, 5.41) is 50.3. The van der Waals surface area contributed by atoms with Crippen molar-refractivity contribution in [2.24, 2.45) is 5.16 Å². The Balaban J connectivity index is 0.00000370. The molecule has 14 nitrogen and oxygen atoms in total. The monoisotopic (exact) mass is 592 g/mol. The van der Waals surface area contributed by atoms with E-state index >= 15 is 0 Å². The summed E-state index contributed by atoms with van der Waals surface area (Å²) in [6.45, 7) is 0. The van der Waals surface area contributed by atoms with E-state index in [-0.39, 0.29) is 57.6 Å². The number of thiazole rings is 1. The fourth-order valence-corrected chi connectivity index (χ4v) is 5.82. The molecule has 6 N–H and O–H groups in total. The van der Waals surface area contributed by atoms with Crippen molar-refractivity contribution in [3.63, 3.8) is 0 Å². The first-order chi connectivity index (χ1) is 18.7. The van der Waals surface area contributed by atoms with E-state index in [9.17, 15) is 34.9 Å². The van der Waals surface area contributed by atoms with Gasteiger partial charge in [-0.25, -0.2) is 9.78 Å². The van der Waals surface area contributed by atoms with Crippen LogP contribution in [0, 0.1) is 0 Å². The molecule has 1 fully saturated rings. The number of aromatic hydroxyl groups is 1. The van der Waals surface area contributed by atoms with Gasteiger partial charge in [0.15, 0.2) is 16.6 Å². The number of allylic oxidation sites excluding steroid dienone is 1. The maximum atomic E-state index is 12.9. The summed E-state index contributed by atoms with van der Waals surface area (Å²) in [5.41, 5.74) is 6.03. The predicted molar refractivity (Wildman–Crippen MR) is 137 cm³/mol. The number of benzene rings is 1. The molecule has 2 aromatic heterocycles. The van der Waals surface area contributed by atoms with E-state index in [4.69, 9.17) is 10.3 Å². The van der Waals surface area contributed by atoms with Gasteiger partial charge in [0.2, 0.25) is 0 Å². The maximum absolute atomic E-state index is 12.9. The number of thioether (sulfide) groups is 1. The number of hydrogen-bond donors (Lipinski definition) is 5. The van der Waals surface area contributed by atoms with E-state index in [1.807, 2.05) is 0 Å². The molecule has 0 aliphatic carbocycles. The molecule has 0 spiro atoms. The van der Waals surface area contributed by atoms with Crippen LogP contribution in [0.15, 0.2) is 56.7 Å². The van der Waals surface area contributed by atoms with Gasteiger partial charge in [0.1, 0.15) is 34.3 Å². The number of fused-ring (bicyclic) bond motifs is 1. The van der Waals surface area contributed by atoms with Crippen LogP contribution in [0.5, 0.6) is 11.5 Å². The smallest absolute Gasteiger partial charge is 0.870 e. The number of aromatic nitrogens is 2. The van der Waals surface area contributed by atoms with Gasteiger partial charge >= 0.3 is 35.5 Å². The molecule has 1 saturated heterocycles. The van der Waals surface area contributed by atoms with Crippen molar-refractivity contribution in [3.05, 3.63) is 58.4 Å². The average molecular weight is 593 g/mol. The quantitative estimate of drug-likeness (QED) is 0.0647. The molecular weight excluding hydrogens is 575 g/mol. The van der Waals surface area contributed by atoms with Gasteiger partial charge in [-0.15, -0.1) is 23.1 Å². The summed E-state index contributed by atoms with van der Waals surface area (Å²) in [6, 6.07) is 4.40. The summed E-state index contributed by atoms with van der Waals surface area (Å²) in [4.78, 5) is 42.6. The summed E-state index contributed by atoms with van der Waals surface area (Å²) < 4.78 is 5.25. The first kappa shape index (κ1) is 29.2. The fraction of sp³-hybridized carbons (Fsp3) is 0.130. The van der Waals surface area contributed by atoms with E-state index in [0.717, 1.165) is 16.2 Å². The van der Waals surface area contributed by atoms with E-state index in [1.54, 1.807) is 0 Å². The van der Waals surface area contributed by atoms with Gasteiger partial charge in [0.05, 0.1) is 0 Å². The third kappa shape index (κ3) is 5.44. The number of anilines is 1. The van der Waals surface area contributed by atoms with Crippen LogP contribution in [0.2, 0.25) is 0 Å². The summed E-state index contributed by atoms with van der Waals surface area (Å²) in [6.07, 6.45) is 2.96. The number of nitrogens with zero attached hydrogens (tertiary/aromatic N) is 4. The Hall–Kier alpha value is -3.83. The van der Waals surface area contributed by atoms with Crippen molar-refractivity contribution < 1.29 is 69.0 Å². The van der Waals surface area contributed by atoms with Gasteiger partial charge in [-0.2, -0.15) is 0 Å². The van der Waals surface area contributed by atoms with Crippen LogP contribution in [0.3, 0.4) is 0 Å². The molecule has 5 rings (SSSR count). The minimum absolute atomic E-state index is 0. The Morgan fingerprint density at radius 1 is 1.30 bits per heavy atom. The molecule has 0 unspecified atom stereocenters. The number of nitrogen functional groups attached to an aromatic ring is 1. The Bertz CT molecular complexity index is 1600. The topological polar surface area (TPSA) is 228 Å². The van der Waals surface area contributed by atoms with E-state index in [0.29, 0.717) is 16.8 Å². The normalized spacial score (nSPS) is 18.8. The van der Waals surface area contributed by atoms with Crippen molar-refractivity contribution >= 4 is 57.8 Å². The van der Waals surface area contributed by atoms with Crippen molar-refractivity contribution in [2.45, 2.75) is 11.4 Å². The second-order valence-corrected chi connectivity index (χ2v) is 10.2. The van der Waals surface area contributed by atoms with E-state index < -0.39 is 46.4 Å². The number of nitrogens with one attached hydrogen (secondary N) is 1. The summed E-state index contributed by atoms with van der Waals surface area (Å²) >= 11 is 2.27. The first-order valence-corrected chi connectivity index (χ1v) is 12.9. The number of oxime groups is 1. The van der Waals surface area contributed by atoms with E-state index in [2.05, 4.69) is 20.6 Å². The number of carboxylic acids is 1. The van der Waals surface area contributed by atoms with Crippen LogP contribution in [-0.2, 0) is 14.4 Å². The molecule has 17 heteroatoms. The number of phenolic OH excluding ortho intramolecular Hbond substituents is 1. The molecule has 3 aromatic rings. The molecule has 0 radical (unpaired) electrons. The number of carbonyl (C=O) groups is 3. The van der Waals surface area contributed by atoms with Gasteiger partial charge in [-0.1, -0.05) is 34.3 Å². The van der Waals surface area contributed by atoms with Crippen LogP contribution in [0.4, 0.5) is 5.13 Å². The first-order valence-electron chi connectivity index (χ1n) is 11.0. The van der Waals surface area contributed by atoms with Crippen LogP contribution in [-0.4, -0.2) is 71.1 Å². The van der Waals surface area contributed by atoms with Crippen LogP contribution < -0.4 is 45.7 Å². The van der Waals surface area contributed by atoms with Crippen LogP contribution >= 0.6 is 23.1 Å². The molecule has 200 valence electrons. The average Bonchev–Trinajstić information content (AvgIpc) is 3.56. The Morgan fingerprint density at radius 3 is 2.73 bits per heavy atom. The number of carbonyl (C=O) groups excluding carboxylic acids is 2. The Kier molecular flexibility index (Phi) is 8.55. The van der Waals surface area contributed by atoms with Gasteiger partial charge in [-0.3, -0.25) is 14.5 Å². The van der Waals surface area contributed by atoms with Crippen molar-refractivity contribution in [1.29, 1.82) is 0 Å². The van der Waals surface area contributed by atoms with Gasteiger partial charge in [0.25, 0.3) is 11.8 Å². The number of rotatable bonds is 7. The van der Waals surface area contributed by atoms with Crippen LogP contribution in [0.25, 0.3) is 17.3 Å². The number of phenols is 1. The standard InChI is InChI=1S/C23H18N6O8S2.Na/c24-23-25-13(8-39-23)16(27-36)19(32)26-17-20(33)29-18(22(34)35)10(7-38-21(17)29)1-3-11-6-12(28-37-11)9-2-4-14(30)15(31)5-9;/h1-6,8,17,21,30-31,36H,7H2,(H2,24,25)(H,26,32)(H,34,35);/q;+1/p-1/b3-1+,27-16+;/t17-,21-;/m1./s1. The molecule has 0 bridgehead atoms. The molecule has 1 aromatic carbocycles. The number of carboxylic acid groups (broad SMARTS) is 1. The molecule has 0 saturated carbocycles. The second kappa shape index (κ2) is 11.7. The molecule has 4 heterocycles. The molecule has 2 amide bonds. The zero-order valence-corrected chi connectivity index (χ0v) is 24.1. The minimum atomic E-state index is -1.33. The molecule has 2 aliphatic rings. The number of aliphatic carboxylic acids is 1. The third-order valence-corrected chi connectivity index (χ3v) is 7.77. The fourth-order valence-electron chi connectivity index (χ4n) is 3.95. The summed E-state index contributed by atoms with van der Waals surface area (Å²) in [5.74, 6) is -3.35. The number of amides is 2. The zero-order chi connectivity index (χ0) is 27.8. The zero-order valence-electron chi connectivity index (χ0n) is 20.5. The Morgan fingerprint density at radius 2 is 2.08 bits per heavy atom. The molecule has 2 aliphatic heterocycles. The van der Waals surface area contributed by atoms with E-state index in [1.165, 1.54) is 53.6 Å². The largest absolute Gasteiger partial charge is 1.00 e. The van der Waals surface area contributed by atoms with Crippen molar-refractivity contribution in [2.75, 3.05) is 11.5 Å². The second-order valence-electron chi connectivity index (χ2n) is 8.19. The number of β-lactam (4-membered cyclic amide) rings is 1. The van der Waals surface area contributed by atoms with Gasteiger partial charge < -0.3 is 36.1 Å².